The largest absolute Gasteiger partial charge is 0.462 e. The molecule has 0 aromatic rings. The molecule has 0 radical (unpaired) electrons. The third-order valence-electron chi connectivity index (χ3n) is 13.5. The molecule has 0 amide bonds. The highest BCUT2D eigenvalue weighted by Gasteiger charge is 2.19. The smallest absolute Gasteiger partial charge is 0.306 e. The topological polar surface area (TPSA) is 78.9 Å². The van der Waals surface area contributed by atoms with Crippen molar-refractivity contribution >= 4 is 17.9 Å². The molecule has 6 nitrogen and oxygen atoms in total. The minimum atomic E-state index is -0.764. The second kappa shape index (κ2) is 49.3. The number of hydrogen-bond donors (Lipinski definition) is 0. The van der Waals surface area contributed by atoms with Gasteiger partial charge in [0.2, 0.25) is 0 Å². The van der Waals surface area contributed by atoms with Crippen molar-refractivity contribution in [2.75, 3.05) is 13.2 Å². The Morgan fingerprint density at radius 2 is 0.547 bits per heavy atom. The minimum Gasteiger partial charge on any atom is -0.462 e. The van der Waals surface area contributed by atoms with Gasteiger partial charge in [-0.15, -0.1) is 0 Å². The summed E-state index contributed by atoms with van der Waals surface area (Å²) in [7, 11) is 0. The molecule has 0 saturated carbocycles. The Bertz CT molecular complexity index is 993. The molecule has 64 heavy (non-hydrogen) atoms. The fraction of sp³-hybridized carbons (Fsp3) is 0.948. The van der Waals surface area contributed by atoms with Gasteiger partial charge in [-0.05, 0) is 37.0 Å². The molecule has 0 bridgehead atoms. The molecular weight excluding hydrogens is 793 g/mol. The first-order valence-corrected chi connectivity index (χ1v) is 28.6. The zero-order valence-corrected chi connectivity index (χ0v) is 44.1. The van der Waals surface area contributed by atoms with Crippen LogP contribution >= 0.6 is 0 Å². The Hall–Kier alpha value is -1.59. The van der Waals surface area contributed by atoms with E-state index in [1.165, 1.54) is 199 Å². The summed E-state index contributed by atoms with van der Waals surface area (Å²) in [5.74, 6) is 1.67. The van der Waals surface area contributed by atoms with Crippen molar-refractivity contribution in [3.8, 4) is 0 Å². The van der Waals surface area contributed by atoms with Gasteiger partial charge in [-0.1, -0.05) is 279 Å². The average Bonchev–Trinajstić information content (AvgIpc) is 3.27. The summed E-state index contributed by atoms with van der Waals surface area (Å²) in [4.78, 5) is 38.1. The van der Waals surface area contributed by atoms with E-state index in [9.17, 15) is 14.4 Å². The molecule has 380 valence electrons. The van der Waals surface area contributed by atoms with Crippen LogP contribution in [0.25, 0.3) is 0 Å². The van der Waals surface area contributed by atoms with Crippen molar-refractivity contribution in [1.82, 2.24) is 0 Å². The lowest BCUT2D eigenvalue weighted by molar-refractivity contribution is -0.167. The average molecular weight is 906 g/mol. The molecule has 0 fully saturated rings. The molecule has 0 saturated heterocycles. The predicted octanol–water partition coefficient (Wildman–Crippen LogP) is 18.7. The molecule has 0 aliphatic rings. The zero-order chi connectivity index (χ0) is 47.0. The van der Waals surface area contributed by atoms with Crippen LogP contribution in [0.15, 0.2) is 0 Å². The van der Waals surface area contributed by atoms with Crippen LogP contribution in [0.4, 0.5) is 0 Å². The van der Waals surface area contributed by atoms with E-state index in [0.717, 1.165) is 75.5 Å². The first kappa shape index (κ1) is 62.4. The van der Waals surface area contributed by atoms with E-state index in [2.05, 4.69) is 41.5 Å². The van der Waals surface area contributed by atoms with Crippen LogP contribution in [0.2, 0.25) is 0 Å². The monoisotopic (exact) mass is 905 g/mol. The SMILES string of the molecule is CCC(C)CCCCCCCCCCCCC(=O)OC[C@@H](COC(=O)CCCCCCCCCCCCCCCCCCCCC(C)C)OC(=O)CCCCCCCCCCC(C)C. The molecule has 0 N–H and O–H groups in total. The maximum Gasteiger partial charge on any atom is 0.306 e. The summed E-state index contributed by atoms with van der Waals surface area (Å²) >= 11 is 0. The van der Waals surface area contributed by atoms with Gasteiger partial charge in [-0.25, -0.2) is 0 Å². The second-order valence-electron chi connectivity index (χ2n) is 21.1. The van der Waals surface area contributed by atoms with Crippen LogP contribution in [0.1, 0.15) is 318 Å². The van der Waals surface area contributed by atoms with Gasteiger partial charge < -0.3 is 14.2 Å². The molecule has 0 rings (SSSR count). The van der Waals surface area contributed by atoms with Gasteiger partial charge >= 0.3 is 17.9 Å². The highest BCUT2D eigenvalue weighted by Crippen LogP contribution is 2.19. The number of carbonyl (C=O) groups excluding carboxylic acids is 3. The van der Waals surface area contributed by atoms with Crippen LogP contribution in [0, 0.1) is 17.8 Å². The number of ether oxygens (including phenoxy) is 3. The third kappa shape index (κ3) is 49.8. The van der Waals surface area contributed by atoms with Gasteiger partial charge in [0.05, 0.1) is 0 Å². The van der Waals surface area contributed by atoms with Crippen molar-refractivity contribution < 1.29 is 28.6 Å². The van der Waals surface area contributed by atoms with Crippen LogP contribution in [-0.4, -0.2) is 37.2 Å². The van der Waals surface area contributed by atoms with E-state index in [1.54, 1.807) is 0 Å². The van der Waals surface area contributed by atoms with Gasteiger partial charge in [-0.3, -0.25) is 14.4 Å². The van der Waals surface area contributed by atoms with E-state index in [-0.39, 0.29) is 31.1 Å². The van der Waals surface area contributed by atoms with E-state index in [1.807, 2.05) is 0 Å². The third-order valence-corrected chi connectivity index (χ3v) is 13.5. The molecule has 0 heterocycles. The Labute approximate surface area is 399 Å². The van der Waals surface area contributed by atoms with E-state index in [0.29, 0.717) is 19.3 Å². The van der Waals surface area contributed by atoms with Gasteiger partial charge in [0.25, 0.3) is 0 Å². The standard InChI is InChI=1S/C58H112O6/c1-7-54(6)46-40-34-28-21-18-19-23-30-36-42-48-57(60)63-51-55(64-58(61)49-43-37-31-25-24-27-33-39-45-53(4)5)50-62-56(59)47-41-35-29-22-17-15-13-11-9-8-10-12-14-16-20-26-32-38-44-52(2)3/h52-55H,7-51H2,1-6H3/t54?,55-/m1/s1. The van der Waals surface area contributed by atoms with Gasteiger partial charge in [0.15, 0.2) is 6.10 Å². The molecule has 1 unspecified atom stereocenters. The van der Waals surface area contributed by atoms with Crippen molar-refractivity contribution in [3.05, 3.63) is 0 Å². The molecular formula is C58H112O6. The highest BCUT2D eigenvalue weighted by atomic mass is 16.6. The predicted molar refractivity (Wildman–Crippen MR) is 275 cm³/mol. The van der Waals surface area contributed by atoms with Crippen LogP contribution in [0.3, 0.4) is 0 Å². The summed E-state index contributed by atoms with van der Waals surface area (Å²) in [6.45, 7) is 13.8. The van der Waals surface area contributed by atoms with E-state index in [4.69, 9.17) is 14.2 Å². The first-order valence-electron chi connectivity index (χ1n) is 28.6. The molecule has 6 heteroatoms. The Kier molecular flexibility index (Phi) is 48.1. The van der Waals surface area contributed by atoms with Gasteiger partial charge in [0, 0.05) is 19.3 Å². The van der Waals surface area contributed by atoms with Crippen LogP contribution in [-0.2, 0) is 28.6 Å². The molecule has 0 aliphatic carbocycles. The number of unbranched alkanes of at least 4 members (excludes halogenated alkanes) is 33. The fourth-order valence-corrected chi connectivity index (χ4v) is 8.79. The molecule has 0 spiro atoms. The number of carbonyl (C=O) groups is 3. The van der Waals surface area contributed by atoms with Crippen molar-refractivity contribution in [2.24, 2.45) is 17.8 Å². The van der Waals surface area contributed by atoms with Gasteiger partial charge in [-0.2, -0.15) is 0 Å². The summed E-state index contributed by atoms with van der Waals surface area (Å²) in [5.41, 5.74) is 0. The Balaban J connectivity index is 4.22. The Morgan fingerprint density at radius 1 is 0.312 bits per heavy atom. The summed E-state index contributed by atoms with van der Waals surface area (Å²) in [6.07, 6.45) is 51.0. The molecule has 0 aliphatic heterocycles. The number of esters is 3. The van der Waals surface area contributed by atoms with Crippen molar-refractivity contribution in [3.63, 3.8) is 0 Å². The molecule has 0 aromatic heterocycles. The number of hydrogen-bond acceptors (Lipinski definition) is 6. The van der Waals surface area contributed by atoms with Crippen LogP contribution in [0.5, 0.6) is 0 Å². The van der Waals surface area contributed by atoms with Crippen LogP contribution < -0.4 is 0 Å². The Morgan fingerprint density at radius 3 is 0.812 bits per heavy atom. The second-order valence-corrected chi connectivity index (χ2v) is 21.1. The lowest BCUT2D eigenvalue weighted by Gasteiger charge is -2.18. The maximum absolute atomic E-state index is 12.8. The fourth-order valence-electron chi connectivity index (χ4n) is 8.79. The molecule has 0 aromatic carbocycles. The quantitative estimate of drug-likeness (QED) is 0.0344. The summed E-state index contributed by atoms with van der Waals surface area (Å²) in [6, 6.07) is 0. The summed E-state index contributed by atoms with van der Waals surface area (Å²) < 4.78 is 16.9. The van der Waals surface area contributed by atoms with E-state index < -0.39 is 6.10 Å². The lowest BCUT2D eigenvalue weighted by Crippen LogP contribution is -2.30. The van der Waals surface area contributed by atoms with Crippen molar-refractivity contribution in [1.29, 1.82) is 0 Å². The summed E-state index contributed by atoms with van der Waals surface area (Å²) in [5, 5.41) is 0. The minimum absolute atomic E-state index is 0.0643. The zero-order valence-electron chi connectivity index (χ0n) is 44.1. The molecule has 2 atom stereocenters. The van der Waals surface area contributed by atoms with E-state index >= 15 is 0 Å². The number of rotatable bonds is 51. The van der Waals surface area contributed by atoms with Crippen molar-refractivity contribution in [2.45, 2.75) is 324 Å². The highest BCUT2D eigenvalue weighted by molar-refractivity contribution is 5.71. The normalized spacial score (nSPS) is 12.6. The lowest BCUT2D eigenvalue weighted by atomic mass is 9.99. The first-order chi connectivity index (χ1) is 31.1. The van der Waals surface area contributed by atoms with Gasteiger partial charge in [0.1, 0.15) is 13.2 Å². The maximum atomic E-state index is 12.8.